The number of aliphatic carboxylic acids is 1. The van der Waals surface area contributed by atoms with E-state index in [0.29, 0.717) is 13.1 Å². The molecule has 0 spiro atoms. The maximum Gasteiger partial charge on any atom is 0.323 e. The first-order valence-corrected chi connectivity index (χ1v) is 7.80. The van der Waals surface area contributed by atoms with Gasteiger partial charge in [0.25, 0.3) is 0 Å². The highest BCUT2D eigenvalue weighted by Crippen LogP contribution is 2.26. The highest BCUT2D eigenvalue weighted by Gasteiger charge is 2.37. The maximum atomic E-state index is 12.8. The van der Waals surface area contributed by atoms with Gasteiger partial charge in [-0.25, -0.2) is 4.79 Å². The molecule has 0 radical (unpaired) electrons. The van der Waals surface area contributed by atoms with Gasteiger partial charge in [0.15, 0.2) is 0 Å². The first kappa shape index (κ1) is 16.1. The zero-order valence-corrected chi connectivity index (χ0v) is 13.3. The van der Waals surface area contributed by atoms with Gasteiger partial charge in [0.2, 0.25) is 0 Å². The lowest BCUT2D eigenvalue weighted by atomic mass is 10.00. The highest BCUT2D eigenvalue weighted by molar-refractivity contribution is 5.80. The number of nitrogens with zero attached hydrogens (tertiary/aromatic N) is 3. The van der Waals surface area contributed by atoms with Crippen LogP contribution in [-0.2, 0) is 4.79 Å². The van der Waals surface area contributed by atoms with E-state index in [1.807, 2.05) is 4.90 Å². The van der Waals surface area contributed by atoms with Crippen LogP contribution in [0.15, 0.2) is 0 Å². The van der Waals surface area contributed by atoms with Crippen LogP contribution in [0.5, 0.6) is 0 Å². The molecule has 21 heavy (non-hydrogen) atoms. The van der Waals surface area contributed by atoms with Crippen molar-refractivity contribution in [2.45, 2.75) is 51.1 Å². The molecule has 0 unspecified atom stereocenters. The van der Waals surface area contributed by atoms with Gasteiger partial charge in [0, 0.05) is 31.2 Å². The van der Waals surface area contributed by atoms with E-state index in [1.54, 1.807) is 4.90 Å². The number of hydrogen-bond donors (Lipinski definition) is 1. The molecule has 1 N–H and O–H groups in total. The van der Waals surface area contributed by atoms with Crippen LogP contribution in [-0.4, -0.2) is 76.6 Å². The topological polar surface area (TPSA) is 64.1 Å². The summed E-state index contributed by atoms with van der Waals surface area (Å²) in [6.07, 6.45) is 4.02. The molecule has 120 valence electrons. The molecule has 1 saturated carbocycles. The molecule has 2 amide bonds. The van der Waals surface area contributed by atoms with Gasteiger partial charge in [-0.1, -0.05) is 12.8 Å². The minimum Gasteiger partial charge on any atom is -0.480 e. The van der Waals surface area contributed by atoms with E-state index in [2.05, 4.69) is 25.8 Å². The van der Waals surface area contributed by atoms with Crippen molar-refractivity contribution in [1.82, 2.24) is 14.7 Å². The van der Waals surface area contributed by atoms with Gasteiger partial charge in [-0.15, -0.1) is 0 Å². The third-order valence-electron chi connectivity index (χ3n) is 4.90. The summed E-state index contributed by atoms with van der Waals surface area (Å²) in [6, 6.07) is -0.0122. The van der Waals surface area contributed by atoms with Crippen molar-refractivity contribution in [1.29, 1.82) is 0 Å². The average Bonchev–Trinajstić information content (AvgIpc) is 2.92. The van der Waals surface area contributed by atoms with Crippen molar-refractivity contribution in [2.24, 2.45) is 0 Å². The molecule has 6 heteroatoms. The quantitative estimate of drug-likeness (QED) is 0.856. The molecule has 0 atom stereocenters. The zero-order chi connectivity index (χ0) is 15.6. The summed E-state index contributed by atoms with van der Waals surface area (Å²) < 4.78 is 0. The molecular formula is C15H27N3O3. The zero-order valence-electron chi connectivity index (χ0n) is 13.3. The van der Waals surface area contributed by atoms with E-state index in [1.165, 1.54) is 0 Å². The van der Waals surface area contributed by atoms with Crippen LogP contribution in [0, 0.1) is 0 Å². The SMILES string of the molecule is CN1CCN(C(=O)N(CC(=O)O)C2CCCC2)CC1(C)C. The van der Waals surface area contributed by atoms with E-state index < -0.39 is 5.97 Å². The van der Waals surface area contributed by atoms with Crippen molar-refractivity contribution in [3.05, 3.63) is 0 Å². The van der Waals surface area contributed by atoms with Gasteiger partial charge in [-0.05, 0) is 33.7 Å². The lowest BCUT2D eigenvalue weighted by Gasteiger charge is -2.46. The minimum absolute atomic E-state index is 0.0710. The Balaban J connectivity index is 2.08. The second-order valence-electron chi connectivity index (χ2n) is 6.90. The molecule has 2 rings (SSSR count). The normalized spacial score (nSPS) is 23.3. The Morgan fingerprint density at radius 1 is 1.24 bits per heavy atom. The van der Waals surface area contributed by atoms with E-state index >= 15 is 0 Å². The third kappa shape index (κ3) is 3.67. The van der Waals surface area contributed by atoms with Crippen molar-refractivity contribution in [3.8, 4) is 0 Å². The summed E-state index contributed by atoms with van der Waals surface area (Å²) in [5, 5.41) is 9.12. The summed E-state index contributed by atoms with van der Waals surface area (Å²) in [4.78, 5) is 29.5. The Morgan fingerprint density at radius 3 is 2.38 bits per heavy atom. The largest absolute Gasteiger partial charge is 0.480 e. The molecule has 0 aromatic rings. The smallest absolute Gasteiger partial charge is 0.323 e. The highest BCUT2D eigenvalue weighted by atomic mass is 16.4. The fourth-order valence-corrected chi connectivity index (χ4v) is 3.30. The molecule has 0 bridgehead atoms. The first-order chi connectivity index (χ1) is 9.81. The number of hydrogen-bond acceptors (Lipinski definition) is 3. The van der Waals surface area contributed by atoms with E-state index in [9.17, 15) is 9.59 Å². The molecular weight excluding hydrogens is 270 g/mol. The predicted molar refractivity (Wildman–Crippen MR) is 80.3 cm³/mol. The number of urea groups is 1. The van der Waals surface area contributed by atoms with Gasteiger partial charge in [-0.2, -0.15) is 0 Å². The van der Waals surface area contributed by atoms with Crippen molar-refractivity contribution in [2.75, 3.05) is 33.2 Å². The maximum absolute atomic E-state index is 12.8. The molecule has 1 heterocycles. The van der Waals surface area contributed by atoms with Crippen LogP contribution in [0.4, 0.5) is 4.79 Å². The van der Waals surface area contributed by atoms with Crippen molar-refractivity contribution >= 4 is 12.0 Å². The fraction of sp³-hybridized carbons (Fsp3) is 0.867. The molecule has 2 fully saturated rings. The van der Waals surface area contributed by atoms with E-state index in [-0.39, 0.29) is 24.2 Å². The molecule has 0 aromatic heterocycles. The summed E-state index contributed by atoms with van der Waals surface area (Å²) in [7, 11) is 2.06. The van der Waals surface area contributed by atoms with Crippen LogP contribution >= 0.6 is 0 Å². The van der Waals surface area contributed by atoms with Gasteiger partial charge < -0.3 is 14.9 Å². The molecule has 1 aliphatic heterocycles. The average molecular weight is 297 g/mol. The predicted octanol–water partition coefficient (Wildman–Crippen LogP) is 1.46. The number of amides is 2. The Morgan fingerprint density at radius 2 is 1.86 bits per heavy atom. The molecule has 1 aliphatic carbocycles. The Hall–Kier alpha value is -1.30. The number of carbonyl (C=O) groups excluding carboxylic acids is 1. The first-order valence-electron chi connectivity index (χ1n) is 7.80. The number of carbonyl (C=O) groups is 2. The second-order valence-corrected chi connectivity index (χ2v) is 6.90. The van der Waals surface area contributed by atoms with Crippen molar-refractivity contribution in [3.63, 3.8) is 0 Å². The number of likely N-dealkylation sites (N-methyl/N-ethyl adjacent to an activating group) is 1. The summed E-state index contributed by atoms with van der Waals surface area (Å²) >= 11 is 0. The van der Waals surface area contributed by atoms with Gasteiger partial charge in [-0.3, -0.25) is 9.69 Å². The van der Waals surface area contributed by atoms with E-state index in [4.69, 9.17) is 5.11 Å². The molecule has 1 saturated heterocycles. The standard InChI is InChI=1S/C15H27N3O3/c1-15(2)11-17(9-8-16(15)3)14(21)18(10-13(19)20)12-6-4-5-7-12/h12H,4-11H2,1-3H3,(H,19,20). The Kier molecular flexibility index (Phi) is 4.76. The van der Waals surface area contributed by atoms with Gasteiger partial charge in [0.05, 0.1) is 0 Å². The fourth-order valence-electron chi connectivity index (χ4n) is 3.30. The number of piperazine rings is 1. The summed E-state index contributed by atoms with van der Waals surface area (Å²) in [5.74, 6) is -0.927. The van der Waals surface area contributed by atoms with E-state index in [0.717, 1.165) is 32.2 Å². The van der Waals surface area contributed by atoms with Gasteiger partial charge >= 0.3 is 12.0 Å². The Labute approximate surface area is 126 Å². The van der Waals surface area contributed by atoms with Crippen LogP contribution in [0.1, 0.15) is 39.5 Å². The molecule has 6 nitrogen and oxygen atoms in total. The van der Waals surface area contributed by atoms with Crippen LogP contribution in [0.3, 0.4) is 0 Å². The molecule has 0 aromatic carbocycles. The summed E-state index contributed by atoms with van der Waals surface area (Å²) in [5.41, 5.74) is -0.0710. The van der Waals surface area contributed by atoms with Crippen molar-refractivity contribution < 1.29 is 14.7 Å². The monoisotopic (exact) mass is 297 g/mol. The lowest BCUT2D eigenvalue weighted by Crippen LogP contribution is -2.62. The van der Waals surface area contributed by atoms with Gasteiger partial charge in [0.1, 0.15) is 6.54 Å². The third-order valence-corrected chi connectivity index (χ3v) is 4.90. The second kappa shape index (κ2) is 6.22. The number of carboxylic acids is 1. The number of rotatable bonds is 3. The summed E-state index contributed by atoms with van der Waals surface area (Å²) in [6.45, 7) is 6.18. The van der Waals surface area contributed by atoms with Crippen LogP contribution < -0.4 is 0 Å². The Bertz CT molecular complexity index is 405. The van der Waals surface area contributed by atoms with Crippen LogP contribution in [0.2, 0.25) is 0 Å². The molecule has 2 aliphatic rings. The lowest BCUT2D eigenvalue weighted by molar-refractivity contribution is -0.138. The number of carboxylic acid groups (broad SMARTS) is 1. The minimum atomic E-state index is -0.927. The van der Waals surface area contributed by atoms with Crippen LogP contribution in [0.25, 0.3) is 0 Å².